The zero-order valence-corrected chi connectivity index (χ0v) is 15.2. The number of ether oxygens (including phenoxy) is 1. The highest BCUT2D eigenvalue weighted by Crippen LogP contribution is 2.18. The van der Waals surface area contributed by atoms with Crippen LogP contribution in [0.2, 0.25) is 0 Å². The summed E-state index contributed by atoms with van der Waals surface area (Å²) in [7, 11) is -3.25. The zero-order chi connectivity index (χ0) is 20.9. The highest BCUT2D eigenvalue weighted by molar-refractivity contribution is 7.89. The first-order chi connectivity index (χ1) is 13.0. The molecule has 2 aromatic rings. The van der Waals surface area contributed by atoms with Gasteiger partial charge in [-0.1, -0.05) is 12.1 Å². The van der Waals surface area contributed by atoms with Gasteiger partial charge in [0.2, 0.25) is 10.0 Å². The Labute approximate surface area is 158 Å². The van der Waals surface area contributed by atoms with Gasteiger partial charge in [-0.25, -0.2) is 17.9 Å². The van der Waals surface area contributed by atoms with Crippen molar-refractivity contribution < 1.29 is 35.9 Å². The van der Waals surface area contributed by atoms with Crippen molar-refractivity contribution >= 4 is 27.6 Å². The van der Waals surface area contributed by atoms with E-state index in [9.17, 15) is 31.2 Å². The Morgan fingerprint density at radius 1 is 1.04 bits per heavy atom. The summed E-state index contributed by atoms with van der Waals surface area (Å²) in [6, 6.07) is 10.4. The maximum absolute atomic E-state index is 12.3. The van der Waals surface area contributed by atoms with E-state index in [1.54, 1.807) is 0 Å². The second-order valence-electron chi connectivity index (χ2n) is 5.49. The van der Waals surface area contributed by atoms with Gasteiger partial charge in [0, 0.05) is 11.3 Å². The maximum Gasteiger partial charge on any atom is 0.402 e. The van der Waals surface area contributed by atoms with E-state index in [4.69, 9.17) is 0 Å². The lowest BCUT2D eigenvalue weighted by Crippen LogP contribution is -2.33. The van der Waals surface area contributed by atoms with Gasteiger partial charge in [0.05, 0.1) is 17.6 Å². The molecule has 0 heterocycles. The number of esters is 1. The first-order valence-electron chi connectivity index (χ1n) is 7.68. The molecule has 0 aliphatic rings. The molecule has 0 unspecified atom stereocenters. The average Bonchev–Trinajstić information content (AvgIpc) is 2.65. The van der Waals surface area contributed by atoms with Gasteiger partial charge in [-0.2, -0.15) is 13.2 Å². The number of nitrogens with one attached hydrogen (secondary N) is 2. The fourth-order valence-electron chi connectivity index (χ4n) is 2.11. The highest BCUT2D eigenvalue weighted by Gasteiger charge is 2.30. The fourth-order valence-corrected chi connectivity index (χ4v) is 3.17. The van der Waals surface area contributed by atoms with Gasteiger partial charge < -0.3 is 10.1 Å². The largest absolute Gasteiger partial charge is 0.465 e. The van der Waals surface area contributed by atoms with Crippen LogP contribution in [0.25, 0.3) is 0 Å². The van der Waals surface area contributed by atoms with Crippen LogP contribution in [-0.4, -0.2) is 40.1 Å². The van der Waals surface area contributed by atoms with Crippen LogP contribution in [0.15, 0.2) is 53.4 Å². The Morgan fingerprint density at radius 3 is 2.32 bits per heavy atom. The van der Waals surface area contributed by atoms with Gasteiger partial charge in [0.25, 0.3) is 5.91 Å². The van der Waals surface area contributed by atoms with Gasteiger partial charge in [0.1, 0.15) is 6.54 Å². The molecule has 2 N–H and O–H groups in total. The van der Waals surface area contributed by atoms with Crippen molar-refractivity contribution in [3.63, 3.8) is 0 Å². The van der Waals surface area contributed by atoms with Crippen molar-refractivity contribution in [3.05, 3.63) is 59.7 Å². The van der Waals surface area contributed by atoms with Crippen LogP contribution in [0.1, 0.15) is 20.7 Å². The molecule has 0 saturated carbocycles. The number of carbonyl (C=O) groups excluding carboxylic acids is 2. The summed E-state index contributed by atoms with van der Waals surface area (Å²) in [5.74, 6) is -1.32. The summed E-state index contributed by atoms with van der Waals surface area (Å²) in [5, 5.41) is 2.47. The van der Waals surface area contributed by atoms with Gasteiger partial charge in [-0.15, -0.1) is 0 Å². The number of amides is 1. The Bertz CT molecular complexity index is 990. The summed E-state index contributed by atoms with van der Waals surface area (Å²) in [4.78, 5) is 23.4. The van der Waals surface area contributed by atoms with E-state index in [-0.39, 0.29) is 16.8 Å². The molecular formula is C17H15F3N2O5S. The van der Waals surface area contributed by atoms with E-state index < -0.39 is 39.5 Å². The third-order valence-corrected chi connectivity index (χ3v) is 4.81. The summed E-state index contributed by atoms with van der Waals surface area (Å²) >= 11 is 0. The molecule has 0 aliphatic carbocycles. The van der Waals surface area contributed by atoms with Crippen molar-refractivity contribution in [2.24, 2.45) is 0 Å². The first-order valence-corrected chi connectivity index (χ1v) is 9.16. The number of benzene rings is 2. The van der Waals surface area contributed by atoms with Gasteiger partial charge in [-0.3, -0.25) is 4.79 Å². The third-order valence-electron chi connectivity index (χ3n) is 3.41. The van der Waals surface area contributed by atoms with E-state index >= 15 is 0 Å². The van der Waals surface area contributed by atoms with Crippen LogP contribution in [0.5, 0.6) is 0 Å². The predicted octanol–water partition coefficient (Wildman–Crippen LogP) is 2.57. The molecule has 0 radical (unpaired) electrons. The molecule has 0 aromatic heterocycles. The molecule has 0 bridgehead atoms. The quantitative estimate of drug-likeness (QED) is 0.705. The lowest BCUT2D eigenvalue weighted by Gasteiger charge is -2.11. The number of rotatable bonds is 6. The van der Waals surface area contributed by atoms with Gasteiger partial charge in [-0.05, 0) is 36.4 Å². The van der Waals surface area contributed by atoms with Crippen LogP contribution < -0.4 is 10.0 Å². The van der Waals surface area contributed by atoms with Crippen molar-refractivity contribution in [3.8, 4) is 0 Å². The van der Waals surface area contributed by atoms with Crippen LogP contribution in [0, 0.1) is 0 Å². The Hall–Kier alpha value is -2.92. The molecular weight excluding hydrogens is 401 g/mol. The molecule has 11 heteroatoms. The van der Waals surface area contributed by atoms with Crippen LogP contribution in [0.3, 0.4) is 0 Å². The van der Waals surface area contributed by atoms with Crippen LogP contribution in [0.4, 0.5) is 18.9 Å². The van der Waals surface area contributed by atoms with Gasteiger partial charge >= 0.3 is 12.1 Å². The molecule has 2 rings (SSSR count). The van der Waals surface area contributed by atoms with Crippen LogP contribution >= 0.6 is 0 Å². The third kappa shape index (κ3) is 5.79. The molecule has 0 fully saturated rings. The fraction of sp³-hybridized carbons (Fsp3) is 0.176. The van der Waals surface area contributed by atoms with Crippen molar-refractivity contribution in [1.82, 2.24) is 4.72 Å². The van der Waals surface area contributed by atoms with E-state index in [1.165, 1.54) is 48.2 Å². The molecule has 28 heavy (non-hydrogen) atoms. The predicted molar refractivity (Wildman–Crippen MR) is 93.4 cm³/mol. The summed E-state index contributed by atoms with van der Waals surface area (Å²) in [5.41, 5.74) is 0.336. The number of carbonyl (C=O) groups is 2. The molecule has 0 atom stereocenters. The average molecular weight is 416 g/mol. The minimum absolute atomic E-state index is 0.0987. The maximum atomic E-state index is 12.3. The van der Waals surface area contributed by atoms with E-state index in [2.05, 4.69) is 10.1 Å². The number of anilines is 1. The van der Waals surface area contributed by atoms with Gasteiger partial charge in [0.15, 0.2) is 0 Å². The monoisotopic (exact) mass is 416 g/mol. The van der Waals surface area contributed by atoms with E-state index in [0.29, 0.717) is 0 Å². The number of methoxy groups -OCH3 is 1. The van der Waals surface area contributed by atoms with Crippen molar-refractivity contribution in [2.75, 3.05) is 19.0 Å². The lowest BCUT2D eigenvalue weighted by molar-refractivity contribution is -0.121. The molecule has 0 spiro atoms. The summed E-state index contributed by atoms with van der Waals surface area (Å²) in [6.07, 6.45) is -4.72. The van der Waals surface area contributed by atoms with Crippen molar-refractivity contribution in [2.45, 2.75) is 11.1 Å². The summed E-state index contributed by atoms with van der Waals surface area (Å²) < 4.78 is 66.7. The Morgan fingerprint density at radius 2 is 1.68 bits per heavy atom. The molecule has 1 amide bonds. The topological polar surface area (TPSA) is 102 Å². The van der Waals surface area contributed by atoms with Crippen LogP contribution in [-0.2, 0) is 14.8 Å². The molecule has 0 aliphatic heterocycles. The minimum atomic E-state index is -4.72. The lowest BCUT2D eigenvalue weighted by atomic mass is 10.1. The van der Waals surface area contributed by atoms with E-state index in [0.717, 1.165) is 12.1 Å². The molecule has 0 saturated heterocycles. The minimum Gasteiger partial charge on any atom is -0.465 e. The SMILES string of the molecule is COC(=O)c1cccc(NC(=O)c2cccc(S(=O)(=O)NCC(F)(F)F)c2)c1. The highest BCUT2D eigenvalue weighted by atomic mass is 32.2. The molecule has 2 aromatic carbocycles. The first kappa shape index (κ1) is 21.4. The Kier molecular flexibility index (Phi) is 6.41. The number of hydrogen-bond donors (Lipinski definition) is 2. The number of hydrogen-bond acceptors (Lipinski definition) is 5. The number of sulfonamides is 1. The number of halogens is 3. The second-order valence-corrected chi connectivity index (χ2v) is 7.26. The van der Waals surface area contributed by atoms with Crippen molar-refractivity contribution in [1.29, 1.82) is 0 Å². The smallest absolute Gasteiger partial charge is 0.402 e. The molecule has 150 valence electrons. The van der Waals surface area contributed by atoms with E-state index in [1.807, 2.05) is 0 Å². The Balaban J connectivity index is 2.19. The molecule has 7 nitrogen and oxygen atoms in total. The number of alkyl halides is 3. The second kappa shape index (κ2) is 8.40. The standard InChI is InChI=1S/C17H15F3N2O5S/c1-27-16(24)12-5-2-6-13(8-12)22-15(23)11-4-3-7-14(9-11)28(25,26)21-10-17(18,19)20/h2-9,21H,10H2,1H3,(H,22,23). The zero-order valence-electron chi connectivity index (χ0n) is 14.4. The normalized spacial score (nSPS) is 11.7. The summed E-state index contributed by atoms with van der Waals surface area (Å²) in [6.45, 7) is -1.73.